The molecule has 0 saturated carbocycles. The van der Waals surface area contributed by atoms with Crippen molar-refractivity contribution in [3.8, 4) is 11.8 Å². The highest BCUT2D eigenvalue weighted by atomic mass is 16.5. The molecule has 3 rings (SSSR count). The minimum Gasteiger partial charge on any atom is -0.489 e. The van der Waals surface area contributed by atoms with Crippen molar-refractivity contribution in [1.29, 1.82) is 5.26 Å². The third kappa shape index (κ3) is 4.07. The Bertz CT molecular complexity index is 808. The Balaban J connectivity index is 1.67. The van der Waals surface area contributed by atoms with Crippen molar-refractivity contribution in [3.05, 3.63) is 35.9 Å². The Morgan fingerprint density at radius 1 is 1.48 bits per heavy atom. The van der Waals surface area contributed by atoms with Crippen LogP contribution < -0.4 is 15.4 Å². The van der Waals surface area contributed by atoms with Crippen LogP contribution in [-0.4, -0.2) is 32.9 Å². The molecule has 0 radical (unpaired) electrons. The van der Waals surface area contributed by atoms with E-state index < -0.39 is 0 Å². The smallest absolute Gasteiger partial charge is 0.319 e. The maximum absolute atomic E-state index is 12.4. The first-order valence-electron chi connectivity index (χ1n) is 8.20. The molecule has 2 N–H and O–H groups in total. The molecule has 2 heterocycles. The predicted molar refractivity (Wildman–Crippen MR) is 91.2 cm³/mol. The lowest BCUT2D eigenvalue weighted by Crippen LogP contribution is -2.43. The number of aromatic nitrogens is 3. The molecule has 0 spiro atoms. The fraction of sp³-hybridized carbons (Fsp3) is 0.412. The van der Waals surface area contributed by atoms with E-state index in [-0.39, 0.29) is 18.2 Å². The maximum atomic E-state index is 12.4. The van der Waals surface area contributed by atoms with E-state index in [1.165, 1.54) is 6.33 Å². The number of fused-ring (bicyclic) bond motifs is 1. The summed E-state index contributed by atoms with van der Waals surface area (Å²) in [4.78, 5) is 16.5. The number of nitrogens with zero attached hydrogens (tertiary/aromatic N) is 4. The fourth-order valence-corrected chi connectivity index (χ4v) is 2.75. The van der Waals surface area contributed by atoms with E-state index in [0.717, 1.165) is 18.7 Å². The predicted octanol–water partition coefficient (Wildman–Crippen LogP) is 2.07. The number of amides is 2. The molecule has 8 heteroatoms. The summed E-state index contributed by atoms with van der Waals surface area (Å²) < 4.78 is 7.50. The second-order valence-corrected chi connectivity index (χ2v) is 6.18. The van der Waals surface area contributed by atoms with Gasteiger partial charge < -0.3 is 15.4 Å². The third-order valence-corrected chi connectivity index (χ3v) is 3.86. The summed E-state index contributed by atoms with van der Waals surface area (Å²) in [6, 6.07) is 6.66. The molecule has 0 bridgehead atoms. The molecule has 1 atom stereocenters. The molecule has 2 amide bonds. The van der Waals surface area contributed by atoms with Gasteiger partial charge in [0.15, 0.2) is 0 Å². The van der Waals surface area contributed by atoms with Gasteiger partial charge in [-0.05, 0) is 38.5 Å². The number of carbonyl (C=O) groups is 1. The summed E-state index contributed by atoms with van der Waals surface area (Å²) in [5.41, 5.74) is 0.929. The van der Waals surface area contributed by atoms with E-state index in [1.54, 1.807) is 22.9 Å². The van der Waals surface area contributed by atoms with E-state index in [4.69, 9.17) is 10.00 Å². The van der Waals surface area contributed by atoms with Crippen LogP contribution in [0.2, 0.25) is 0 Å². The van der Waals surface area contributed by atoms with Gasteiger partial charge in [-0.25, -0.2) is 14.5 Å². The molecular formula is C17H20N6O2. The highest BCUT2D eigenvalue weighted by Crippen LogP contribution is 2.26. The number of hydrogen-bond donors (Lipinski definition) is 2. The van der Waals surface area contributed by atoms with Crippen molar-refractivity contribution in [2.24, 2.45) is 0 Å². The average molecular weight is 340 g/mol. The molecule has 1 aliphatic rings. The number of urea groups is 1. The van der Waals surface area contributed by atoms with Crippen LogP contribution in [-0.2, 0) is 13.0 Å². The van der Waals surface area contributed by atoms with Crippen LogP contribution in [0.5, 0.6) is 5.75 Å². The monoisotopic (exact) mass is 340 g/mol. The summed E-state index contributed by atoms with van der Waals surface area (Å²) in [5, 5.41) is 18.9. The largest absolute Gasteiger partial charge is 0.489 e. The minimum absolute atomic E-state index is 0.0252. The van der Waals surface area contributed by atoms with Gasteiger partial charge >= 0.3 is 6.03 Å². The molecule has 0 saturated heterocycles. The fourth-order valence-electron chi connectivity index (χ4n) is 2.75. The topological polar surface area (TPSA) is 105 Å². The van der Waals surface area contributed by atoms with Crippen LogP contribution in [0, 0.1) is 11.3 Å². The van der Waals surface area contributed by atoms with Crippen LogP contribution in [0.1, 0.15) is 31.7 Å². The number of nitrogens with one attached hydrogen (secondary N) is 2. The lowest BCUT2D eigenvalue weighted by Gasteiger charge is -2.24. The highest BCUT2D eigenvalue weighted by molar-refractivity contribution is 5.91. The Hall–Kier alpha value is -3.08. The van der Waals surface area contributed by atoms with Crippen molar-refractivity contribution >= 4 is 11.7 Å². The molecule has 0 fully saturated rings. The molecule has 1 aliphatic heterocycles. The van der Waals surface area contributed by atoms with E-state index in [9.17, 15) is 4.79 Å². The average Bonchev–Trinajstić information content (AvgIpc) is 3.03. The Labute approximate surface area is 145 Å². The number of aryl methyl sites for hydroxylation is 1. The molecule has 25 heavy (non-hydrogen) atoms. The van der Waals surface area contributed by atoms with Crippen LogP contribution in [0.15, 0.2) is 24.5 Å². The normalized spacial score (nSPS) is 16.0. The van der Waals surface area contributed by atoms with Crippen LogP contribution in [0.4, 0.5) is 10.5 Å². The number of nitriles is 1. The summed E-state index contributed by atoms with van der Waals surface area (Å²) in [6.45, 7) is 4.40. The summed E-state index contributed by atoms with van der Waals surface area (Å²) in [6.07, 6.45) is 3.07. The second kappa shape index (κ2) is 7.21. The Kier molecular flexibility index (Phi) is 4.84. The molecule has 0 unspecified atom stereocenters. The van der Waals surface area contributed by atoms with E-state index >= 15 is 0 Å². The standard InChI is InChI=1S/C17H20N6O2/c1-11(2)25-15-5-3-12(8-18)7-14(15)22-17(24)21-13-4-6-16-19-10-20-23(16)9-13/h3,5,7,10-11,13H,4,6,9H2,1-2H3,(H2,21,22,24)/t13-/m0/s1. The second-order valence-electron chi connectivity index (χ2n) is 6.18. The molecule has 1 aromatic heterocycles. The van der Waals surface area contributed by atoms with Crippen molar-refractivity contribution < 1.29 is 9.53 Å². The van der Waals surface area contributed by atoms with Crippen LogP contribution in [0.25, 0.3) is 0 Å². The SMILES string of the molecule is CC(C)Oc1ccc(C#N)cc1NC(=O)N[C@H]1CCc2ncnn2C1. The molecule has 0 aliphatic carbocycles. The third-order valence-electron chi connectivity index (χ3n) is 3.86. The van der Waals surface area contributed by atoms with Crippen molar-refractivity contribution in [3.63, 3.8) is 0 Å². The quantitative estimate of drug-likeness (QED) is 0.886. The van der Waals surface area contributed by atoms with Gasteiger partial charge in [0, 0.05) is 6.42 Å². The van der Waals surface area contributed by atoms with E-state index in [2.05, 4.69) is 26.8 Å². The highest BCUT2D eigenvalue weighted by Gasteiger charge is 2.21. The van der Waals surface area contributed by atoms with Gasteiger partial charge in [0.25, 0.3) is 0 Å². The van der Waals surface area contributed by atoms with E-state index in [1.807, 2.05) is 13.8 Å². The number of hydrogen-bond acceptors (Lipinski definition) is 5. The first-order valence-corrected chi connectivity index (χ1v) is 8.20. The number of ether oxygens (including phenoxy) is 1. The van der Waals surface area contributed by atoms with Gasteiger partial charge in [-0.15, -0.1) is 0 Å². The first kappa shape index (κ1) is 16.8. The Morgan fingerprint density at radius 2 is 2.32 bits per heavy atom. The molecular weight excluding hydrogens is 320 g/mol. The first-order chi connectivity index (χ1) is 12.0. The summed E-state index contributed by atoms with van der Waals surface area (Å²) in [7, 11) is 0. The van der Waals surface area contributed by atoms with Gasteiger partial charge in [0.05, 0.1) is 36.0 Å². The summed E-state index contributed by atoms with van der Waals surface area (Å²) in [5.74, 6) is 1.47. The van der Waals surface area contributed by atoms with Crippen molar-refractivity contribution in [2.45, 2.75) is 45.4 Å². The molecule has 130 valence electrons. The summed E-state index contributed by atoms with van der Waals surface area (Å²) >= 11 is 0. The lowest BCUT2D eigenvalue weighted by atomic mass is 10.1. The van der Waals surface area contributed by atoms with Crippen molar-refractivity contribution in [1.82, 2.24) is 20.1 Å². The van der Waals surface area contributed by atoms with Gasteiger partial charge in [0.2, 0.25) is 0 Å². The number of carbonyl (C=O) groups excluding carboxylic acids is 1. The van der Waals surface area contributed by atoms with Crippen molar-refractivity contribution in [2.75, 3.05) is 5.32 Å². The number of benzene rings is 1. The van der Waals surface area contributed by atoms with Gasteiger partial charge in [-0.3, -0.25) is 0 Å². The number of anilines is 1. The Morgan fingerprint density at radius 3 is 3.08 bits per heavy atom. The zero-order valence-electron chi connectivity index (χ0n) is 14.2. The zero-order valence-corrected chi connectivity index (χ0v) is 14.2. The molecule has 1 aromatic carbocycles. The van der Waals surface area contributed by atoms with Crippen LogP contribution >= 0.6 is 0 Å². The lowest BCUT2D eigenvalue weighted by molar-refractivity contribution is 0.239. The number of rotatable bonds is 4. The zero-order chi connectivity index (χ0) is 17.8. The van der Waals surface area contributed by atoms with Gasteiger partial charge in [-0.2, -0.15) is 10.4 Å². The van der Waals surface area contributed by atoms with E-state index in [0.29, 0.717) is 23.5 Å². The van der Waals surface area contributed by atoms with Gasteiger partial charge in [0.1, 0.15) is 17.9 Å². The van der Waals surface area contributed by atoms with Crippen LogP contribution in [0.3, 0.4) is 0 Å². The molecule has 2 aromatic rings. The maximum Gasteiger partial charge on any atom is 0.319 e. The minimum atomic E-state index is -0.336. The van der Waals surface area contributed by atoms with Gasteiger partial charge in [-0.1, -0.05) is 0 Å². The molecule has 8 nitrogen and oxygen atoms in total.